The molecule has 2 aromatic carbocycles. The molecule has 0 aliphatic rings. The van der Waals surface area contributed by atoms with Crippen molar-refractivity contribution in [3.63, 3.8) is 0 Å². The number of rotatable bonds is 6. The molecule has 0 spiro atoms. The Balaban J connectivity index is 1.82. The molecule has 28 heavy (non-hydrogen) atoms. The SMILES string of the molecule is O=Cc1cc(C#CCCNC(=O)OCc2ccccc2)cc(OC(F)(F)F)c1. The minimum Gasteiger partial charge on any atom is -0.445 e. The monoisotopic (exact) mass is 391 g/mol. The molecular weight excluding hydrogens is 375 g/mol. The zero-order chi connectivity index (χ0) is 20.4. The maximum atomic E-state index is 12.3. The van der Waals surface area contributed by atoms with E-state index in [4.69, 9.17) is 4.74 Å². The van der Waals surface area contributed by atoms with Crippen molar-refractivity contribution in [2.45, 2.75) is 19.4 Å². The molecule has 1 amide bonds. The number of alkyl halides is 3. The number of ether oxygens (including phenoxy) is 2. The lowest BCUT2D eigenvalue weighted by atomic mass is 10.1. The predicted molar refractivity (Wildman–Crippen MR) is 94.6 cm³/mol. The van der Waals surface area contributed by atoms with Gasteiger partial charge in [-0.15, -0.1) is 13.2 Å². The molecule has 1 N–H and O–H groups in total. The van der Waals surface area contributed by atoms with Crippen LogP contribution in [0.2, 0.25) is 0 Å². The predicted octanol–water partition coefficient (Wildman–Crippen LogP) is 4.07. The van der Waals surface area contributed by atoms with Crippen molar-refractivity contribution in [2.75, 3.05) is 6.54 Å². The molecular formula is C20H16F3NO4. The second kappa shape index (κ2) is 10.0. The van der Waals surface area contributed by atoms with Crippen molar-refractivity contribution >= 4 is 12.4 Å². The van der Waals surface area contributed by atoms with Crippen LogP contribution in [0.3, 0.4) is 0 Å². The van der Waals surface area contributed by atoms with Gasteiger partial charge in [-0.3, -0.25) is 4.79 Å². The smallest absolute Gasteiger partial charge is 0.445 e. The number of hydrogen-bond acceptors (Lipinski definition) is 4. The summed E-state index contributed by atoms with van der Waals surface area (Å²) in [7, 11) is 0. The van der Waals surface area contributed by atoms with Crippen molar-refractivity contribution in [3.8, 4) is 17.6 Å². The molecule has 2 aromatic rings. The first-order chi connectivity index (χ1) is 13.4. The first-order valence-electron chi connectivity index (χ1n) is 8.15. The van der Waals surface area contributed by atoms with E-state index in [1.165, 1.54) is 6.07 Å². The Morgan fingerprint density at radius 3 is 2.57 bits per heavy atom. The summed E-state index contributed by atoms with van der Waals surface area (Å²) in [5, 5.41) is 2.51. The van der Waals surface area contributed by atoms with Gasteiger partial charge in [-0.1, -0.05) is 42.2 Å². The number of benzene rings is 2. The van der Waals surface area contributed by atoms with Gasteiger partial charge in [-0.2, -0.15) is 0 Å². The minimum atomic E-state index is -4.86. The Morgan fingerprint density at radius 1 is 1.14 bits per heavy atom. The van der Waals surface area contributed by atoms with Crippen LogP contribution in [-0.2, 0) is 11.3 Å². The molecule has 0 aromatic heterocycles. The maximum Gasteiger partial charge on any atom is 0.573 e. The highest BCUT2D eigenvalue weighted by atomic mass is 19.4. The number of alkyl carbamates (subject to hydrolysis) is 1. The molecule has 0 aliphatic carbocycles. The lowest BCUT2D eigenvalue weighted by Gasteiger charge is -2.09. The zero-order valence-electron chi connectivity index (χ0n) is 14.6. The Hall–Kier alpha value is -3.47. The van der Waals surface area contributed by atoms with Crippen LogP contribution >= 0.6 is 0 Å². The van der Waals surface area contributed by atoms with Gasteiger partial charge in [0.1, 0.15) is 18.6 Å². The summed E-state index contributed by atoms with van der Waals surface area (Å²) in [4.78, 5) is 22.4. The van der Waals surface area contributed by atoms with E-state index in [0.717, 1.165) is 17.7 Å². The first kappa shape index (κ1) is 20.8. The Morgan fingerprint density at radius 2 is 1.89 bits per heavy atom. The molecule has 0 aliphatic heterocycles. The summed E-state index contributed by atoms with van der Waals surface area (Å²) in [5.41, 5.74) is 1.05. The van der Waals surface area contributed by atoms with E-state index in [9.17, 15) is 22.8 Å². The molecule has 8 heteroatoms. The highest BCUT2D eigenvalue weighted by molar-refractivity contribution is 5.76. The average Bonchev–Trinajstić information content (AvgIpc) is 2.65. The summed E-state index contributed by atoms with van der Waals surface area (Å²) >= 11 is 0. The largest absolute Gasteiger partial charge is 0.573 e. The third-order valence-corrected chi connectivity index (χ3v) is 3.26. The molecule has 2 rings (SSSR count). The van der Waals surface area contributed by atoms with Crippen molar-refractivity contribution in [2.24, 2.45) is 0 Å². The molecule has 0 fully saturated rings. The lowest BCUT2D eigenvalue weighted by molar-refractivity contribution is -0.274. The molecule has 0 unspecified atom stereocenters. The van der Waals surface area contributed by atoms with Crippen LogP contribution in [0.15, 0.2) is 48.5 Å². The fraction of sp³-hybridized carbons (Fsp3) is 0.200. The normalized spacial score (nSPS) is 10.4. The number of hydrogen-bond donors (Lipinski definition) is 1. The van der Waals surface area contributed by atoms with Gasteiger partial charge < -0.3 is 14.8 Å². The second-order valence-corrected chi connectivity index (χ2v) is 5.50. The fourth-order valence-electron chi connectivity index (χ4n) is 2.12. The van der Waals surface area contributed by atoms with E-state index in [1.54, 1.807) is 0 Å². The summed E-state index contributed by atoms with van der Waals surface area (Å²) in [6.45, 7) is 0.332. The molecule has 0 heterocycles. The fourth-order valence-corrected chi connectivity index (χ4v) is 2.12. The molecule has 0 bridgehead atoms. The molecule has 0 radical (unpaired) electrons. The van der Waals surface area contributed by atoms with Gasteiger partial charge >= 0.3 is 12.5 Å². The van der Waals surface area contributed by atoms with Crippen LogP contribution in [0.5, 0.6) is 5.75 Å². The van der Waals surface area contributed by atoms with Crippen LogP contribution in [0.25, 0.3) is 0 Å². The highest BCUT2D eigenvalue weighted by Crippen LogP contribution is 2.24. The van der Waals surface area contributed by atoms with Crippen LogP contribution in [0.4, 0.5) is 18.0 Å². The first-order valence-corrected chi connectivity index (χ1v) is 8.15. The zero-order valence-corrected chi connectivity index (χ0v) is 14.6. The van der Waals surface area contributed by atoms with Gasteiger partial charge in [0, 0.05) is 24.1 Å². The number of carbonyl (C=O) groups is 2. The Bertz CT molecular complexity index is 871. The van der Waals surface area contributed by atoms with Gasteiger partial charge in [0.05, 0.1) is 0 Å². The van der Waals surface area contributed by atoms with Crippen LogP contribution in [0, 0.1) is 11.8 Å². The van der Waals surface area contributed by atoms with Crippen molar-refractivity contribution in [1.82, 2.24) is 5.32 Å². The van der Waals surface area contributed by atoms with Gasteiger partial charge in [-0.05, 0) is 23.8 Å². The summed E-state index contributed by atoms with van der Waals surface area (Å²) in [5.74, 6) is 4.80. The summed E-state index contributed by atoms with van der Waals surface area (Å²) < 4.78 is 45.8. The van der Waals surface area contributed by atoms with Crippen molar-refractivity contribution in [3.05, 3.63) is 65.2 Å². The van der Waals surface area contributed by atoms with Crippen molar-refractivity contribution in [1.29, 1.82) is 0 Å². The average molecular weight is 391 g/mol. The van der Waals surface area contributed by atoms with Crippen molar-refractivity contribution < 1.29 is 32.2 Å². The van der Waals surface area contributed by atoms with E-state index in [0.29, 0.717) is 6.29 Å². The molecule has 0 saturated heterocycles. The third-order valence-electron chi connectivity index (χ3n) is 3.26. The van der Waals surface area contributed by atoms with Gasteiger partial charge in [0.2, 0.25) is 0 Å². The summed E-state index contributed by atoms with van der Waals surface area (Å²) in [6, 6.07) is 12.5. The van der Waals surface area contributed by atoms with Gasteiger partial charge in [0.25, 0.3) is 0 Å². The molecule has 0 atom stereocenters. The molecule has 146 valence electrons. The standard InChI is InChI=1S/C20H16F3NO4/c21-20(22,23)28-18-11-16(10-17(12-18)13-25)8-4-5-9-24-19(26)27-14-15-6-2-1-3-7-15/h1-3,6-7,10-13H,5,9,14H2,(H,24,26). The lowest BCUT2D eigenvalue weighted by Crippen LogP contribution is -2.24. The van der Waals surface area contributed by atoms with Crippen LogP contribution in [0.1, 0.15) is 27.9 Å². The Labute approximate surface area is 159 Å². The quantitative estimate of drug-likeness (QED) is 0.458. The topological polar surface area (TPSA) is 64.6 Å². The number of nitrogens with one attached hydrogen (secondary N) is 1. The Kier molecular flexibility index (Phi) is 7.45. The van der Waals surface area contributed by atoms with Gasteiger partial charge in [-0.25, -0.2) is 4.79 Å². The van der Waals surface area contributed by atoms with E-state index in [-0.39, 0.29) is 30.7 Å². The second-order valence-electron chi connectivity index (χ2n) is 5.50. The number of amides is 1. The van der Waals surface area contributed by atoms with Gasteiger partial charge in [0.15, 0.2) is 0 Å². The third kappa shape index (κ3) is 7.83. The highest BCUT2D eigenvalue weighted by Gasteiger charge is 2.31. The number of halogens is 3. The maximum absolute atomic E-state index is 12.3. The van der Waals surface area contributed by atoms with E-state index in [1.807, 2.05) is 30.3 Å². The molecule has 0 saturated carbocycles. The number of carbonyl (C=O) groups excluding carboxylic acids is 2. The van der Waals surface area contributed by atoms with E-state index >= 15 is 0 Å². The minimum absolute atomic E-state index is 0.00802. The number of aldehydes is 1. The molecule has 5 nitrogen and oxygen atoms in total. The van der Waals surface area contributed by atoms with Crippen LogP contribution in [-0.4, -0.2) is 25.3 Å². The van der Waals surface area contributed by atoms with E-state index in [2.05, 4.69) is 21.9 Å². The summed E-state index contributed by atoms with van der Waals surface area (Å²) in [6.07, 6.45) is -4.83. The van der Waals surface area contributed by atoms with E-state index < -0.39 is 18.2 Å². The van der Waals surface area contributed by atoms with Crippen LogP contribution < -0.4 is 10.1 Å².